The molecule has 0 radical (unpaired) electrons. The first-order chi connectivity index (χ1) is 11.1. The minimum atomic E-state index is -0.126. The van der Waals surface area contributed by atoms with Crippen LogP contribution in [0.5, 0.6) is 0 Å². The molecule has 0 spiro atoms. The molecular formula is C17H26N4O2. The van der Waals surface area contributed by atoms with Gasteiger partial charge in [-0.05, 0) is 31.7 Å². The van der Waals surface area contributed by atoms with Gasteiger partial charge in [0.1, 0.15) is 0 Å². The predicted octanol–water partition coefficient (Wildman–Crippen LogP) is 1.01. The predicted molar refractivity (Wildman–Crippen MR) is 91.6 cm³/mol. The third kappa shape index (κ3) is 5.33. The van der Waals surface area contributed by atoms with Gasteiger partial charge in [-0.2, -0.15) is 0 Å². The lowest BCUT2D eigenvalue weighted by Gasteiger charge is -2.33. The van der Waals surface area contributed by atoms with E-state index in [0.29, 0.717) is 24.3 Å². The lowest BCUT2D eigenvalue weighted by molar-refractivity contribution is -0.117. The number of hydrogen-bond donors (Lipinski definition) is 2. The van der Waals surface area contributed by atoms with Gasteiger partial charge >= 0.3 is 0 Å². The molecule has 0 bridgehead atoms. The molecular weight excluding hydrogens is 292 g/mol. The molecule has 2 rings (SSSR count). The summed E-state index contributed by atoms with van der Waals surface area (Å²) in [5.74, 6) is -0.165. The second kappa shape index (κ2) is 8.64. The fraction of sp³-hybridized carbons (Fsp3) is 0.529. The van der Waals surface area contributed by atoms with Gasteiger partial charge in [0.25, 0.3) is 5.91 Å². The molecule has 2 amide bonds. The molecule has 0 aliphatic carbocycles. The Bertz CT molecular complexity index is 539. The smallest absolute Gasteiger partial charge is 0.251 e. The third-order valence-electron chi connectivity index (χ3n) is 4.03. The van der Waals surface area contributed by atoms with E-state index < -0.39 is 0 Å². The number of nitrogens with one attached hydrogen (secondary N) is 2. The number of carbonyl (C=O) groups excluding carboxylic acids is 2. The van der Waals surface area contributed by atoms with E-state index in [1.165, 1.54) is 0 Å². The Balaban J connectivity index is 1.85. The zero-order valence-corrected chi connectivity index (χ0v) is 14.0. The number of amides is 2. The van der Waals surface area contributed by atoms with Crippen LogP contribution in [-0.4, -0.2) is 67.4 Å². The first-order valence-corrected chi connectivity index (χ1v) is 8.25. The Morgan fingerprint density at radius 3 is 2.43 bits per heavy atom. The number of nitrogens with zero attached hydrogens (tertiary/aromatic N) is 2. The molecule has 0 atom stereocenters. The molecule has 1 fully saturated rings. The molecule has 2 N–H and O–H groups in total. The van der Waals surface area contributed by atoms with Crippen LogP contribution in [0.15, 0.2) is 24.3 Å². The van der Waals surface area contributed by atoms with Gasteiger partial charge in [-0.25, -0.2) is 0 Å². The normalized spacial score (nSPS) is 16.1. The summed E-state index contributed by atoms with van der Waals surface area (Å²) in [5.41, 5.74) is 1.21. The molecule has 0 aromatic heterocycles. The highest BCUT2D eigenvalue weighted by molar-refractivity contribution is 5.97. The fourth-order valence-corrected chi connectivity index (χ4v) is 2.67. The van der Waals surface area contributed by atoms with Crippen molar-refractivity contribution in [2.75, 3.05) is 51.1 Å². The highest BCUT2D eigenvalue weighted by Gasteiger charge is 2.17. The Hall–Kier alpha value is -1.92. The van der Waals surface area contributed by atoms with Crippen LogP contribution in [0, 0.1) is 0 Å². The quantitative estimate of drug-likeness (QED) is 0.822. The van der Waals surface area contributed by atoms with Crippen molar-refractivity contribution >= 4 is 17.5 Å². The summed E-state index contributed by atoms with van der Waals surface area (Å²) >= 11 is 0. The topological polar surface area (TPSA) is 64.7 Å². The molecule has 23 heavy (non-hydrogen) atoms. The summed E-state index contributed by atoms with van der Waals surface area (Å²) in [6.45, 7) is 9.92. The minimum Gasteiger partial charge on any atom is -0.352 e. The van der Waals surface area contributed by atoms with Crippen LogP contribution in [0.1, 0.15) is 24.2 Å². The van der Waals surface area contributed by atoms with Crippen molar-refractivity contribution in [1.29, 1.82) is 0 Å². The van der Waals surface area contributed by atoms with Gasteiger partial charge in [0.05, 0.1) is 6.54 Å². The summed E-state index contributed by atoms with van der Waals surface area (Å²) in [7, 11) is 0. The summed E-state index contributed by atoms with van der Waals surface area (Å²) in [4.78, 5) is 28.5. The maximum Gasteiger partial charge on any atom is 0.251 e. The number of hydrogen-bond acceptors (Lipinski definition) is 4. The molecule has 126 valence electrons. The van der Waals surface area contributed by atoms with E-state index in [-0.39, 0.29) is 11.8 Å². The first-order valence-electron chi connectivity index (χ1n) is 8.25. The van der Waals surface area contributed by atoms with Crippen molar-refractivity contribution in [2.24, 2.45) is 0 Å². The minimum absolute atomic E-state index is 0.0389. The van der Waals surface area contributed by atoms with Crippen LogP contribution in [0.3, 0.4) is 0 Å². The van der Waals surface area contributed by atoms with Crippen LogP contribution in [0.25, 0.3) is 0 Å². The van der Waals surface area contributed by atoms with Gasteiger partial charge < -0.3 is 15.5 Å². The zero-order valence-electron chi connectivity index (χ0n) is 14.0. The van der Waals surface area contributed by atoms with Crippen LogP contribution in [0.4, 0.5) is 5.69 Å². The van der Waals surface area contributed by atoms with Gasteiger partial charge in [-0.15, -0.1) is 0 Å². The number of carbonyl (C=O) groups is 2. The molecule has 1 saturated heterocycles. The average Bonchev–Trinajstić information content (AvgIpc) is 2.56. The summed E-state index contributed by atoms with van der Waals surface area (Å²) in [6.07, 6.45) is 0. The van der Waals surface area contributed by atoms with Crippen molar-refractivity contribution in [1.82, 2.24) is 15.1 Å². The molecule has 1 aromatic rings. The Morgan fingerprint density at radius 1 is 1.09 bits per heavy atom. The first kappa shape index (κ1) is 17.4. The Labute approximate surface area is 137 Å². The third-order valence-corrected chi connectivity index (χ3v) is 4.03. The van der Waals surface area contributed by atoms with Gasteiger partial charge in [0.2, 0.25) is 5.91 Å². The maximum absolute atomic E-state index is 12.2. The SMILES string of the molecule is CCNC(=O)c1cccc(NC(=O)CN2CCN(CC)CC2)c1. The van der Waals surface area contributed by atoms with Crippen LogP contribution < -0.4 is 10.6 Å². The van der Waals surface area contributed by atoms with Crippen molar-refractivity contribution in [2.45, 2.75) is 13.8 Å². The van der Waals surface area contributed by atoms with Crippen molar-refractivity contribution in [3.05, 3.63) is 29.8 Å². The van der Waals surface area contributed by atoms with Crippen LogP contribution >= 0.6 is 0 Å². The molecule has 1 aliphatic heterocycles. The second-order valence-corrected chi connectivity index (χ2v) is 5.70. The number of rotatable bonds is 6. The summed E-state index contributed by atoms with van der Waals surface area (Å²) in [5, 5.41) is 5.63. The highest BCUT2D eigenvalue weighted by Crippen LogP contribution is 2.11. The van der Waals surface area contributed by atoms with E-state index in [2.05, 4.69) is 27.4 Å². The van der Waals surface area contributed by atoms with Gasteiger partial charge in [-0.1, -0.05) is 13.0 Å². The lowest BCUT2D eigenvalue weighted by atomic mass is 10.2. The Kier molecular flexibility index (Phi) is 6.55. The Morgan fingerprint density at radius 2 is 1.78 bits per heavy atom. The number of benzene rings is 1. The van der Waals surface area contributed by atoms with Crippen molar-refractivity contribution < 1.29 is 9.59 Å². The molecule has 1 aliphatic rings. The summed E-state index contributed by atoms with van der Waals surface area (Å²) in [6, 6.07) is 7.03. The lowest BCUT2D eigenvalue weighted by Crippen LogP contribution is -2.48. The largest absolute Gasteiger partial charge is 0.352 e. The molecule has 1 aromatic carbocycles. The van der Waals surface area contributed by atoms with Gasteiger partial charge in [0.15, 0.2) is 0 Å². The van der Waals surface area contributed by atoms with Crippen LogP contribution in [0.2, 0.25) is 0 Å². The van der Waals surface area contributed by atoms with E-state index in [9.17, 15) is 9.59 Å². The molecule has 1 heterocycles. The summed E-state index contributed by atoms with van der Waals surface area (Å²) < 4.78 is 0. The zero-order chi connectivity index (χ0) is 16.7. The van der Waals surface area contributed by atoms with E-state index in [4.69, 9.17) is 0 Å². The molecule has 6 nitrogen and oxygen atoms in total. The van der Waals surface area contributed by atoms with Crippen molar-refractivity contribution in [3.63, 3.8) is 0 Å². The van der Waals surface area contributed by atoms with Gasteiger partial charge in [-0.3, -0.25) is 14.5 Å². The van der Waals surface area contributed by atoms with E-state index >= 15 is 0 Å². The van der Waals surface area contributed by atoms with Gasteiger partial charge in [0, 0.05) is 44.0 Å². The van der Waals surface area contributed by atoms with Crippen molar-refractivity contribution in [3.8, 4) is 0 Å². The standard InChI is InChI=1S/C17H26N4O2/c1-3-18-17(23)14-6-5-7-15(12-14)19-16(22)13-21-10-8-20(4-2)9-11-21/h5-7,12H,3-4,8-11,13H2,1-2H3,(H,18,23)(H,19,22). The number of anilines is 1. The van der Waals surface area contributed by atoms with E-state index in [1.54, 1.807) is 24.3 Å². The fourth-order valence-electron chi connectivity index (χ4n) is 2.67. The number of likely N-dealkylation sites (N-methyl/N-ethyl adjacent to an activating group) is 1. The van der Waals surface area contributed by atoms with E-state index in [0.717, 1.165) is 32.7 Å². The number of piperazine rings is 1. The van der Waals surface area contributed by atoms with E-state index in [1.807, 2.05) is 6.92 Å². The molecule has 0 unspecified atom stereocenters. The highest BCUT2D eigenvalue weighted by atomic mass is 16.2. The maximum atomic E-state index is 12.2. The monoisotopic (exact) mass is 318 g/mol. The molecule has 6 heteroatoms. The van der Waals surface area contributed by atoms with Crippen LogP contribution in [-0.2, 0) is 4.79 Å². The second-order valence-electron chi connectivity index (χ2n) is 5.70. The average molecular weight is 318 g/mol. The molecule has 0 saturated carbocycles.